The summed E-state index contributed by atoms with van der Waals surface area (Å²) < 4.78 is 8.95. The van der Waals surface area contributed by atoms with Crippen molar-refractivity contribution in [1.82, 2.24) is 14.3 Å². The molecule has 0 N–H and O–H groups in total. The van der Waals surface area contributed by atoms with Crippen LogP contribution < -0.4 is 0 Å². The van der Waals surface area contributed by atoms with Crippen molar-refractivity contribution in [3.05, 3.63) is 69.8 Å². The van der Waals surface area contributed by atoms with E-state index in [0.29, 0.717) is 22.5 Å². The molecule has 0 atom stereocenters. The Balaban J connectivity index is 1.79. The fraction of sp³-hybridized carbons (Fsp3) is 0.318. The largest absolute Gasteiger partial charge is 0.454 e. The number of aryl methyl sites for hydroxylation is 4. The molecule has 1 aromatic carbocycles. The molecule has 0 saturated heterocycles. The van der Waals surface area contributed by atoms with Crippen LogP contribution in [-0.2, 0) is 11.8 Å². The van der Waals surface area contributed by atoms with Crippen molar-refractivity contribution in [2.75, 3.05) is 6.61 Å². The maximum Gasteiger partial charge on any atom is 0.342 e. The lowest BCUT2D eigenvalue weighted by Gasteiger charge is -2.10. The van der Waals surface area contributed by atoms with Gasteiger partial charge >= 0.3 is 5.97 Å². The van der Waals surface area contributed by atoms with E-state index in [-0.39, 0.29) is 12.4 Å². The van der Waals surface area contributed by atoms with Crippen LogP contribution in [0.4, 0.5) is 0 Å². The molecule has 6 nitrogen and oxygen atoms in total. The number of Topliss-reactive ketones (excluding diaryl/α,β-unsaturated/α-hetero) is 1. The Morgan fingerprint density at radius 3 is 2.21 bits per heavy atom. The first kappa shape index (κ1) is 19.6. The number of esters is 1. The number of benzene rings is 1. The lowest BCUT2D eigenvalue weighted by Crippen LogP contribution is -2.16. The lowest BCUT2D eigenvalue weighted by molar-refractivity contribution is 0.0473. The monoisotopic (exact) mass is 379 g/mol. The van der Waals surface area contributed by atoms with Gasteiger partial charge in [-0.15, -0.1) is 0 Å². The summed E-state index contributed by atoms with van der Waals surface area (Å²) in [5.41, 5.74) is 6.24. The molecule has 0 aliphatic heterocycles. The summed E-state index contributed by atoms with van der Waals surface area (Å²) >= 11 is 0. The van der Waals surface area contributed by atoms with E-state index >= 15 is 0 Å². The van der Waals surface area contributed by atoms with Crippen LogP contribution in [0.3, 0.4) is 0 Å². The highest BCUT2D eigenvalue weighted by molar-refractivity contribution is 6.01. The third kappa shape index (κ3) is 3.50. The smallest absolute Gasteiger partial charge is 0.342 e. The summed E-state index contributed by atoms with van der Waals surface area (Å²) in [4.78, 5) is 25.1. The van der Waals surface area contributed by atoms with Crippen LogP contribution in [0.2, 0.25) is 0 Å². The van der Waals surface area contributed by atoms with Gasteiger partial charge in [0.15, 0.2) is 6.61 Å². The second-order valence-corrected chi connectivity index (χ2v) is 7.12. The first-order valence-corrected chi connectivity index (χ1v) is 9.17. The van der Waals surface area contributed by atoms with Crippen LogP contribution in [0.5, 0.6) is 0 Å². The minimum atomic E-state index is -0.524. The fourth-order valence-electron chi connectivity index (χ4n) is 3.49. The SMILES string of the molecule is Cc1ccc(-n2c(C)cc(C(=O)COC(=O)c3c(C)nn(C)c3C)c2C)cc1. The molecule has 28 heavy (non-hydrogen) atoms. The second kappa shape index (κ2) is 7.46. The molecule has 2 aromatic heterocycles. The van der Waals surface area contributed by atoms with Crippen molar-refractivity contribution in [2.45, 2.75) is 34.6 Å². The van der Waals surface area contributed by atoms with Gasteiger partial charge in [0.1, 0.15) is 5.56 Å². The molecule has 3 rings (SSSR count). The molecule has 0 radical (unpaired) electrons. The van der Waals surface area contributed by atoms with E-state index in [4.69, 9.17) is 4.74 Å². The Bertz CT molecular complexity index is 1060. The number of ether oxygens (including phenoxy) is 1. The molecule has 0 saturated carbocycles. The molecule has 0 fully saturated rings. The van der Waals surface area contributed by atoms with Gasteiger partial charge in [0.2, 0.25) is 5.78 Å². The fourth-order valence-corrected chi connectivity index (χ4v) is 3.49. The van der Waals surface area contributed by atoms with Gasteiger partial charge in [0.25, 0.3) is 0 Å². The first-order chi connectivity index (χ1) is 13.2. The Labute approximate surface area is 164 Å². The Kier molecular flexibility index (Phi) is 5.23. The van der Waals surface area contributed by atoms with E-state index in [1.165, 1.54) is 5.56 Å². The van der Waals surface area contributed by atoms with Crippen LogP contribution in [0, 0.1) is 34.6 Å². The molecular weight excluding hydrogens is 354 g/mol. The molecule has 0 unspecified atom stereocenters. The van der Waals surface area contributed by atoms with Crippen molar-refractivity contribution in [1.29, 1.82) is 0 Å². The molecule has 0 aliphatic carbocycles. The van der Waals surface area contributed by atoms with Crippen LogP contribution >= 0.6 is 0 Å². The van der Waals surface area contributed by atoms with E-state index in [2.05, 4.69) is 5.10 Å². The number of carbonyl (C=O) groups is 2. The quantitative estimate of drug-likeness (QED) is 0.500. The van der Waals surface area contributed by atoms with E-state index in [1.807, 2.05) is 55.7 Å². The summed E-state index contributed by atoms with van der Waals surface area (Å²) in [6.07, 6.45) is 0. The topological polar surface area (TPSA) is 66.1 Å². The molecule has 0 amide bonds. The molecule has 3 aromatic rings. The second-order valence-electron chi connectivity index (χ2n) is 7.12. The third-order valence-electron chi connectivity index (χ3n) is 5.07. The Morgan fingerprint density at radius 1 is 1.00 bits per heavy atom. The number of hydrogen-bond acceptors (Lipinski definition) is 4. The molecule has 0 spiro atoms. The average Bonchev–Trinajstić information content (AvgIpc) is 3.08. The van der Waals surface area contributed by atoms with E-state index in [9.17, 15) is 9.59 Å². The van der Waals surface area contributed by atoms with Gasteiger partial charge in [-0.3, -0.25) is 9.48 Å². The summed E-state index contributed by atoms with van der Waals surface area (Å²) in [6.45, 7) is 9.14. The van der Waals surface area contributed by atoms with Gasteiger partial charge in [-0.1, -0.05) is 17.7 Å². The van der Waals surface area contributed by atoms with Gasteiger partial charge in [0.05, 0.1) is 5.69 Å². The number of aromatic nitrogens is 3. The summed E-state index contributed by atoms with van der Waals surface area (Å²) in [5.74, 6) is -0.747. The molecule has 0 aliphatic rings. The summed E-state index contributed by atoms with van der Waals surface area (Å²) in [5, 5.41) is 4.21. The number of ketones is 1. The zero-order valence-electron chi connectivity index (χ0n) is 17.2. The number of rotatable bonds is 5. The zero-order chi connectivity index (χ0) is 20.6. The van der Waals surface area contributed by atoms with Crippen LogP contribution in [0.15, 0.2) is 30.3 Å². The zero-order valence-corrected chi connectivity index (χ0v) is 17.2. The molecule has 0 bridgehead atoms. The highest BCUT2D eigenvalue weighted by Crippen LogP contribution is 2.22. The van der Waals surface area contributed by atoms with Gasteiger partial charge in [-0.25, -0.2) is 4.79 Å². The average molecular weight is 379 g/mol. The predicted octanol–water partition coefficient (Wildman–Crippen LogP) is 3.79. The summed E-state index contributed by atoms with van der Waals surface area (Å²) in [6, 6.07) is 9.97. The number of carbonyl (C=O) groups excluding carboxylic acids is 2. The van der Waals surface area contributed by atoms with Gasteiger partial charge in [-0.05, 0) is 52.8 Å². The molecular formula is C22H25N3O3. The minimum Gasteiger partial charge on any atom is -0.454 e. The lowest BCUT2D eigenvalue weighted by atomic mass is 10.1. The first-order valence-electron chi connectivity index (χ1n) is 9.17. The van der Waals surface area contributed by atoms with Crippen molar-refractivity contribution in [2.24, 2.45) is 7.05 Å². The van der Waals surface area contributed by atoms with Crippen LogP contribution in [0.25, 0.3) is 5.69 Å². The van der Waals surface area contributed by atoms with Gasteiger partial charge in [-0.2, -0.15) is 5.10 Å². The van der Waals surface area contributed by atoms with Crippen LogP contribution in [-0.4, -0.2) is 32.7 Å². The van der Waals surface area contributed by atoms with E-state index in [1.54, 1.807) is 25.6 Å². The van der Waals surface area contributed by atoms with Crippen molar-refractivity contribution < 1.29 is 14.3 Å². The number of nitrogens with zero attached hydrogens (tertiary/aromatic N) is 3. The highest BCUT2D eigenvalue weighted by Gasteiger charge is 2.22. The minimum absolute atomic E-state index is 0.223. The maximum atomic E-state index is 12.7. The van der Waals surface area contributed by atoms with E-state index in [0.717, 1.165) is 17.1 Å². The molecule has 146 valence electrons. The molecule has 2 heterocycles. The Morgan fingerprint density at radius 2 is 1.64 bits per heavy atom. The normalized spacial score (nSPS) is 10.9. The van der Waals surface area contributed by atoms with Gasteiger partial charge < -0.3 is 9.30 Å². The van der Waals surface area contributed by atoms with Crippen molar-refractivity contribution in [3.63, 3.8) is 0 Å². The summed E-state index contributed by atoms with van der Waals surface area (Å²) in [7, 11) is 1.77. The van der Waals surface area contributed by atoms with Crippen molar-refractivity contribution in [3.8, 4) is 5.69 Å². The van der Waals surface area contributed by atoms with Crippen molar-refractivity contribution >= 4 is 11.8 Å². The third-order valence-corrected chi connectivity index (χ3v) is 5.07. The Hall–Kier alpha value is -3.15. The predicted molar refractivity (Wildman–Crippen MR) is 107 cm³/mol. The maximum absolute atomic E-state index is 12.7. The highest BCUT2D eigenvalue weighted by atomic mass is 16.5. The number of hydrogen-bond donors (Lipinski definition) is 0. The molecule has 6 heteroatoms. The van der Waals surface area contributed by atoms with Crippen LogP contribution in [0.1, 0.15) is 49.1 Å². The standard InChI is InChI=1S/C22H25N3O3/c1-13-7-9-18(10-8-13)25-14(2)11-19(16(25)4)20(26)12-28-22(27)21-15(3)23-24(6)17(21)5/h7-11H,12H2,1-6H3. The van der Waals surface area contributed by atoms with E-state index < -0.39 is 5.97 Å². The van der Waals surface area contributed by atoms with Gasteiger partial charge in [0, 0.05) is 35.4 Å².